The molecule has 1 aromatic carbocycles. The second-order valence-corrected chi connectivity index (χ2v) is 12.3. The number of carbonyl (C=O) groups excluding carboxylic acids is 1. The van der Waals surface area contributed by atoms with Crippen LogP contribution in [0.25, 0.3) is 11.8 Å². The minimum atomic E-state index is -1.62. The Balaban J connectivity index is 0.000000380. The molecule has 234 valence electrons. The number of nitrogens with zero attached hydrogens (tertiary/aromatic N) is 6. The van der Waals surface area contributed by atoms with Crippen molar-refractivity contribution in [3.63, 3.8) is 0 Å². The molecule has 8 nitrogen and oxygen atoms in total. The highest BCUT2D eigenvalue weighted by molar-refractivity contribution is 7.82. The maximum atomic E-state index is 13.5. The fourth-order valence-electron chi connectivity index (χ4n) is 5.61. The van der Waals surface area contributed by atoms with Crippen molar-refractivity contribution >= 4 is 34.9 Å². The van der Waals surface area contributed by atoms with Crippen molar-refractivity contribution in [2.24, 2.45) is 12.5 Å². The molecule has 3 aromatic heterocycles. The highest BCUT2D eigenvalue weighted by Crippen LogP contribution is 2.48. The summed E-state index contributed by atoms with van der Waals surface area (Å²) in [7, 11) is 0.122. The van der Waals surface area contributed by atoms with E-state index in [9.17, 15) is 17.8 Å². The van der Waals surface area contributed by atoms with Crippen molar-refractivity contribution in [3.8, 4) is 5.69 Å². The Bertz CT molecular complexity index is 1610. The van der Waals surface area contributed by atoms with Crippen molar-refractivity contribution < 1.29 is 17.8 Å². The largest absolute Gasteiger partial charge is 0.302 e. The third-order valence-corrected chi connectivity index (χ3v) is 9.36. The number of aryl methyl sites for hydroxylation is 2. The fraction of sp³-hybridized carbons (Fsp3) is 0.375. The summed E-state index contributed by atoms with van der Waals surface area (Å²) in [6.07, 6.45) is 10.3. The molecule has 4 aromatic rings. The van der Waals surface area contributed by atoms with E-state index in [-0.39, 0.29) is 18.4 Å². The van der Waals surface area contributed by atoms with Crippen molar-refractivity contribution in [1.82, 2.24) is 28.9 Å². The molecule has 0 spiro atoms. The van der Waals surface area contributed by atoms with Gasteiger partial charge in [0.05, 0.1) is 23.0 Å². The first-order valence-electron chi connectivity index (χ1n) is 14.6. The molecule has 0 radical (unpaired) electrons. The van der Waals surface area contributed by atoms with Crippen LogP contribution in [0.3, 0.4) is 0 Å². The molecule has 0 amide bonds. The highest BCUT2D eigenvalue weighted by atomic mass is 35.5. The molecule has 1 saturated carbocycles. The van der Waals surface area contributed by atoms with Gasteiger partial charge in [-0.3, -0.25) is 9.67 Å². The number of halogens is 3. The Morgan fingerprint density at radius 1 is 1.20 bits per heavy atom. The maximum absolute atomic E-state index is 13.5. The topological polar surface area (TPSA) is 85.9 Å². The van der Waals surface area contributed by atoms with E-state index in [1.807, 2.05) is 32.9 Å². The third-order valence-electron chi connectivity index (χ3n) is 7.64. The summed E-state index contributed by atoms with van der Waals surface area (Å²) in [6, 6.07) is 11.1. The van der Waals surface area contributed by atoms with E-state index in [4.69, 9.17) is 11.6 Å². The zero-order valence-corrected chi connectivity index (χ0v) is 26.9. The van der Waals surface area contributed by atoms with Gasteiger partial charge in [0.25, 0.3) is 0 Å². The molecular formula is C32H37ClF2N6O2S. The van der Waals surface area contributed by atoms with Gasteiger partial charge >= 0.3 is 0 Å². The third kappa shape index (κ3) is 7.39. The van der Waals surface area contributed by atoms with Crippen LogP contribution in [0, 0.1) is 18.2 Å². The second-order valence-electron chi connectivity index (χ2n) is 10.5. The van der Waals surface area contributed by atoms with Gasteiger partial charge in [-0.15, -0.1) is 0 Å². The summed E-state index contributed by atoms with van der Waals surface area (Å²) in [5, 5.41) is 9.85. The lowest BCUT2D eigenvalue weighted by Crippen LogP contribution is -2.47. The first-order chi connectivity index (χ1) is 21.2. The van der Waals surface area contributed by atoms with E-state index >= 15 is 0 Å². The van der Waals surface area contributed by atoms with E-state index in [0.717, 1.165) is 39.5 Å². The zero-order valence-electron chi connectivity index (χ0n) is 25.3. The molecule has 0 aliphatic heterocycles. The fourth-order valence-corrected chi connectivity index (χ4v) is 7.13. The summed E-state index contributed by atoms with van der Waals surface area (Å²) < 4.78 is 45.0. The lowest BCUT2D eigenvalue weighted by Gasteiger charge is -2.44. The molecule has 0 bridgehead atoms. The lowest BCUT2D eigenvalue weighted by atomic mass is 9.64. The predicted molar refractivity (Wildman–Crippen MR) is 169 cm³/mol. The summed E-state index contributed by atoms with van der Waals surface area (Å²) >= 11 is 5.60. The predicted octanol–water partition coefficient (Wildman–Crippen LogP) is 6.49. The standard InChI is InChI=1S/C24H25F2N5O2S.C6H6ClN.C2H6/c1-29-10-8-23(28-29)34(33)30(11-9-25)21-5-2-18-12-22-17(13-24(18,14-21)16-32)15-27-31(22)20-6-3-19(26)4-7-20;1-5-4-6(7)2-3-8-5;1-2/h3-4,6-8,10,12,15-16,21H,2,5,9,11,13-14H2,1H3;2-4H,1H3;1-2H3. The van der Waals surface area contributed by atoms with Crippen LogP contribution in [-0.4, -0.2) is 58.6 Å². The van der Waals surface area contributed by atoms with Gasteiger partial charge in [-0.25, -0.2) is 22.0 Å². The monoisotopic (exact) mass is 642 g/mol. The van der Waals surface area contributed by atoms with Crippen molar-refractivity contribution in [2.75, 3.05) is 13.2 Å². The van der Waals surface area contributed by atoms with Crippen LogP contribution in [0.2, 0.25) is 5.02 Å². The second kappa shape index (κ2) is 15.0. The number of fused-ring (bicyclic) bond motifs is 2. The van der Waals surface area contributed by atoms with Gasteiger partial charge in [0.2, 0.25) is 0 Å². The number of benzene rings is 1. The molecule has 3 unspecified atom stereocenters. The summed E-state index contributed by atoms with van der Waals surface area (Å²) in [6.45, 7) is 5.28. The smallest absolute Gasteiger partial charge is 0.164 e. The molecule has 44 heavy (non-hydrogen) atoms. The highest BCUT2D eigenvalue weighted by Gasteiger charge is 2.46. The first kappa shape index (κ1) is 33.4. The van der Waals surface area contributed by atoms with Crippen LogP contribution in [0.15, 0.2) is 71.7 Å². The average molecular weight is 643 g/mol. The molecule has 2 aliphatic carbocycles. The molecule has 3 atom stereocenters. The summed E-state index contributed by atoms with van der Waals surface area (Å²) in [5.74, 6) is -0.317. The number of allylic oxidation sites excluding steroid dienone is 1. The van der Waals surface area contributed by atoms with Crippen LogP contribution in [0.1, 0.15) is 50.1 Å². The number of aldehydes is 1. The van der Waals surface area contributed by atoms with Gasteiger partial charge in [0.15, 0.2) is 5.03 Å². The number of pyridine rings is 1. The Hall–Kier alpha value is -3.54. The number of aromatic nitrogens is 5. The molecule has 2 aliphatic rings. The van der Waals surface area contributed by atoms with Gasteiger partial charge in [-0.1, -0.05) is 31.0 Å². The Kier molecular flexibility index (Phi) is 11.3. The van der Waals surface area contributed by atoms with Crippen LogP contribution in [0.4, 0.5) is 8.78 Å². The van der Waals surface area contributed by atoms with E-state index in [1.54, 1.807) is 63.6 Å². The maximum Gasteiger partial charge on any atom is 0.164 e. The van der Waals surface area contributed by atoms with Crippen LogP contribution >= 0.6 is 11.6 Å². The number of rotatable bonds is 7. The number of hydrogen-bond acceptors (Lipinski definition) is 5. The molecule has 0 N–H and O–H groups in total. The van der Waals surface area contributed by atoms with Crippen molar-refractivity contribution in [1.29, 1.82) is 0 Å². The SMILES string of the molecule is CC.Cc1cc(Cl)ccn1.Cn1ccc(S(=O)N(CCF)C2CCC3=Cc4c(cnn4-c4ccc(F)cc4)CC3(C=O)C2)n1. The molecule has 0 saturated heterocycles. The molecule has 3 heterocycles. The van der Waals surface area contributed by atoms with Crippen LogP contribution in [0.5, 0.6) is 0 Å². The summed E-state index contributed by atoms with van der Waals surface area (Å²) in [4.78, 5) is 16.5. The van der Waals surface area contributed by atoms with Crippen LogP contribution < -0.4 is 0 Å². The van der Waals surface area contributed by atoms with Crippen LogP contribution in [-0.2, 0) is 29.2 Å². The Morgan fingerprint density at radius 3 is 2.55 bits per heavy atom. The van der Waals surface area contributed by atoms with E-state index < -0.39 is 23.1 Å². The molecular weight excluding hydrogens is 606 g/mol. The van der Waals surface area contributed by atoms with Gasteiger partial charge in [0.1, 0.15) is 29.8 Å². The average Bonchev–Trinajstić information content (AvgIpc) is 3.65. The summed E-state index contributed by atoms with van der Waals surface area (Å²) in [5.41, 5.74) is 3.75. The van der Waals surface area contributed by atoms with Gasteiger partial charge in [-0.2, -0.15) is 10.2 Å². The number of carbonyl (C=O) groups is 1. The minimum Gasteiger partial charge on any atom is -0.302 e. The van der Waals surface area contributed by atoms with Gasteiger partial charge in [-0.05, 0) is 86.7 Å². The van der Waals surface area contributed by atoms with E-state index in [0.29, 0.717) is 30.7 Å². The normalized spacial score (nSPS) is 19.4. The quantitative estimate of drug-likeness (QED) is 0.215. The van der Waals surface area contributed by atoms with E-state index in [2.05, 4.69) is 15.2 Å². The van der Waals surface area contributed by atoms with Gasteiger partial charge < -0.3 is 4.79 Å². The molecule has 6 rings (SSSR count). The van der Waals surface area contributed by atoms with Gasteiger partial charge in [0, 0.05) is 42.7 Å². The van der Waals surface area contributed by atoms with Crippen molar-refractivity contribution in [2.45, 2.75) is 57.5 Å². The number of alkyl halides is 1. The number of hydrogen-bond donors (Lipinski definition) is 0. The Morgan fingerprint density at radius 2 is 1.95 bits per heavy atom. The van der Waals surface area contributed by atoms with E-state index in [1.165, 1.54) is 12.1 Å². The molecule has 12 heteroatoms. The zero-order chi connectivity index (χ0) is 31.9. The minimum absolute atomic E-state index is 0.00951. The molecule has 1 fully saturated rings. The first-order valence-corrected chi connectivity index (χ1v) is 16.0. The lowest BCUT2D eigenvalue weighted by molar-refractivity contribution is -0.116. The van der Waals surface area contributed by atoms with Crippen molar-refractivity contribution in [3.05, 3.63) is 94.4 Å². The Labute approximate surface area is 264 Å².